The number of rotatable bonds is 7. The topological polar surface area (TPSA) is 88.5 Å². The van der Waals surface area contributed by atoms with Crippen molar-refractivity contribution in [1.82, 2.24) is 4.57 Å². The number of anilines is 2. The van der Waals surface area contributed by atoms with Gasteiger partial charge in [0.2, 0.25) is 10.0 Å². The van der Waals surface area contributed by atoms with Gasteiger partial charge in [0.25, 0.3) is 5.91 Å². The quantitative estimate of drug-likeness (QED) is 0.341. The lowest BCUT2D eigenvalue weighted by Crippen LogP contribution is -2.29. The zero-order valence-corrected chi connectivity index (χ0v) is 21.7. The van der Waals surface area contributed by atoms with E-state index in [1.165, 1.54) is 4.31 Å². The van der Waals surface area contributed by atoms with E-state index in [2.05, 4.69) is 5.32 Å². The third-order valence-corrected chi connectivity index (χ3v) is 7.90. The van der Waals surface area contributed by atoms with E-state index >= 15 is 0 Å². The summed E-state index contributed by atoms with van der Waals surface area (Å²) in [7, 11) is -3.60. The minimum atomic E-state index is -3.60. The number of carbonyl (C=O) groups is 1. The Kier molecular flexibility index (Phi) is 7.02. The van der Waals surface area contributed by atoms with E-state index in [-0.39, 0.29) is 23.4 Å². The summed E-state index contributed by atoms with van der Waals surface area (Å²) in [6, 6.07) is 18.8. The first-order chi connectivity index (χ1) is 16.5. The van der Waals surface area contributed by atoms with Crippen molar-refractivity contribution in [2.24, 2.45) is 0 Å². The van der Waals surface area contributed by atoms with E-state index in [0.29, 0.717) is 27.5 Å². The Morgan fingerprint density at radius 3 is 2.40 bits per heavy atom. The Balaban J connectivity index is 1.55. The second-order valence-electron chi connectivity index (χ2n) is 8.38. The number of halogens is 1. The number of carbonyl (C=O) groups excluding carboxylic acids is 1. The first-order valence-corrected chi connectivity index (χ1v) is 13.9. The Bertz CT molecular complexity index is 1560. The summed E-state index contributed by atoms with van der Waals surface area (Å²) in [5, 5.41) is 3.32. The van der Waals surface area contributed by atoms with Crippen molar-refractivity contribution in [2.45, 2.75) is 26.4 Å². The summed E-state index contributed by atoms with van der Waals surface area (Å²) >= 11 is 7.36. The van der Waals surface area contributed by atoms with Gasteiger partial charge in [0.1, 0.15) is 0 Å². The molecule has 7 nitrogen and oxygen atoms in total. The standard InChI is InChI=1S/C25H24ClN3O4S2/c1-16(2)29-22-13-10-19(14-23(22)34-25(29)31)27-24(30)17-8-11-20(12-9-17)28(35(3,32)33)15-18-6-4-5-7-21(18)26/h4-14,16H,15H2,1-3H3,(H,27,30). The fraction of sp³-hybridized carbons (Fsp3) is 0.200. The molecule has 10 heteroatoms. The molecule has 35 heavy (non-hydrogen) atoms. The molecule has 0 atom stereocenters. The van der Waals surface area contributed by atoms with Crippen LogP contribution in [-0.2, 0) is 16.6 Å². The van der Waals surface area contributed by atoms with Gasteiger partial charge < -0.3 is 5.32 Å². The molecule has 1 amide bonds. The van der Waals surface area contributed by atoms with Crippen LogP contribution < -0.4 is 14.5 Å². The van der Waals surface area contributed by atoms with Crippen LogP contribution in [0.2, 0.25) is 5.02 Å². The third-order valence-electron chi connectivity index (χ3n) is 5.48. The molecule has 0 aliphatic rings. The largest absolute Gasteiger partial charge is 0.322 e. The summed E-state index contributed by atoms with van der Waals surface area (Å²) in [6.07, 6.45) is 1.13. The van der Waals surface area contributed by atoms with E-state index in [4.69, 9.17) is 11.6 Å². The molecule has 4 aromatic rings. The number of sulfonamides is 1. The third kappa shape index (κ3) is 5.42. The highest BCUT2D eigenvalue weighted by atomic mass is 35.5. The molecule has 1 N–H and O–H groups in total. The summed E-state index contributed by atoms with van der Waals surface area (Å²) in [6.45, 7) is 3.97. The molecular formula is C25H24ClN3O4S2. The van der Waals surface area contributed by atoms with E-state index in [0.717, 1.165) is 27.8 Å². The molecule has 0 aliphatic heterocycles. The van der Waals surface area contributed by atoms with Gasteiger partial charge in [0.05, 0.1) is 28.7 Å². The Morgan fingerprint density at radius 2 is 1.77 bits per heavy atom. The molecule has 1 heterocycles. The summed E-state index contributed by atoms with van der Waals surface area (Å²) in [5.41, 5.74) is 2.86. The van der Waals surface area contributed by atoms with Crippen molar-refractivity contribution in [1.29, 1.82) is 0 Å². The van der Waals surface area contributed by atoms with Crippen molar-refractivity contribution >= 4 is 60.5 Å². The summed E-state index contributed by atoms with van der Waals surface area (Å²) < 4.78 is 28.7. The molecule has 0 bridgehead atoms. The summed E-state index contributed by atoms with van der Waals surface area (Å²) in [5.74, 6) is -0.344. The van der Waals surface area contributed by atoms with Gasteiger partial charge in [-0.2, -0.15) is 0 Å². The van der Waals surface area contributed by atoms with Gasteiger partial charge in [-0.1, -0.05) is 41.1 Å². The van der Waals surface area contributed by atoms with Gasteiger partial charge in [-0.25, -0.2) is 8.42 Å². The van der Waals surface area contributed by atoms with Crippen molar-refractivity contribution in [2.75, 3.05) is 15.9 Å². The zero-order chi connectivity index (χ0) is 25.3. The zero-order valence-electron chi connectivity index (χ0n) is 19.4. The number of fused-ring (bicyclic) bond motifs is 1. The first kappa shape index (κ1) is 25.0. The van der Waals surface area contributed by atoms with E-state index in [1.54, 1.807) is 65.2 Å². The van der Waals surface area contributed by atoms with Crippen molar-refractivity contribution in [3.63, 3.8) is 0 Å². The molecule has 182 valence electrons. The maximum atomic E-state index is 12.8. The van der Waals surface area contributed by atoms with E-state index in [9.17, 15) is 18.0 Å². The minimum absolute atomic E-state index is 0.0405. The van der Waals surface area contributed by atoms with Crippen molar-refractivity contribution in [3.05, 3.63) is 92.5 Å². The number of hydrogen-bond donors (Lipinski definition) is 1. The number of nitrogens with zero attached hydrogens (tertiary/aromatic N) is 2. The molecule has 4 rings (SSSR count). The lowest BCUT2D eigenvalue weighted by Gasteiger charge is -2.23. The maximum Gasteiger partial charge on any atom is 0.308 e. The highest BCUT2D eigenvalue weighted by Crippen LogP contribution is 2.26. The molecule has 0 fully saturated rings. The summed E-state index contributed by atoms with van der Waals surface area (Å²) in [4.78, 5) is 25.0. The maximum absolute atomic E-state index is 12.8. The average molecular weight is 530 g/mol. The van der Waals surface area contributed by atoms with Crippen molar-refractivity contribution in [3.8, 4) is 0 Å². The predicted octanol–water partition coefficient (Wildman–Crippen LogP) is 5.52. The van der Waals surface area contributed by atoms with Gasteiger partial charge in [-0.3, -0.25) is 18.5 Å². The highest BCUT2D eigenvalue weighted by molar-refractivity contribution is 7.92. The van der Waals surface area contributed by atoms with Crippen LogP contribution in [0, 0.1) is 0 Å². The Labute approximate surface area is 212 Å². The van der Waals surface area contributed by atoms with Gasteiger partial charge in [-0.15, -0.1) is 0 Å². The van der Waals surface area contributed by atoms with E-state index in [1.807, 2.05) is 19.9 Å². The molecule has 0 saturated carbocycles. The first-order valence-electron chi connectivity index (χ1n) is 10.8. The second-order valence-corrected chi connectivity index (χ2v) is 11.7. The number of aromatic nitrogens is 1. The Hall–Kier alpha value is -3.14. The smallest absolute Gasteiger partial charge is 0.308 e. The predicted molar refractivity (Wildman–Crippen MR) is 143 cm³/mol. The molecular weight excluding hydrogens is 506 g/mol. The van der Waals surface area contributed by atoms with Crippen LogP contribution in [0.3, 0.4) is 0 Å². The van der Waals surface area contributed by atoms with Crippen LogP contribution in [0.1, 0.15) is 35.8 Å². The fourth-order valence-corrected chi connectivity index (χ4v) is 5.89. The number of benzene rings is 3. The fourth-order valence-electron chi connectivity index (χ4n) is 3.77. The number of amides is 1. The van der Waals surface area contributed by atoms with Crippen LogP contribution in [0.15, 0.2) is 71.5 Å². The van der Waals surface area contributed by atoms with Crippen LogP contribution in [0.5, 0.6) is 0 Å². The van der Waals surface area contributed by atoms with Gasteiger partial charge in [0.15, 0.2) is 0 Å². The van der Waals surface area contributed by atoms with Crippen LogP contribution in [0.4, 0.5) is 11.4 Å². The highest BCUT2D eigenvalue weighted by Gasteiger charge is 2.20. The van der Waals surface area contributed by atoms with Gasteiger partial charge >= 0.3 is 4.87 Å². The number of hydrogen-bond acceptors (Lipinski definition) is 5. The van der Waals surface area contributed by atoms with Crippen LogP contribution in [0.25, 0.3) is 10.2 Å². The molecule has 0 unspecified atom stereocenters. The SMILES string of the molecule is CC(C)n1c(=O)sc2cc(NC(=O)c3ccc(N(Cc4ccccc4Cl)S(C)(=O)=O)cc3)ccc21. The van der Waals surface area contributed by atoms with Gasteiger partial charge in [0, 0.05) is 22.3 Å². The van der Waals surface area contributed by atoms with Gasteiger partial charge in [-0.05, 0) is 67.9 Å². The van der Waals surface area contributed by atoms with Crippen LogP contribution >= 0.6 is 22.9 Å². The minimum Gasteiger partial charge on any atom is -0.322 e. The second kappa shape index (κ2) is 9.85. The number of thiazole rings is 1. The molecule has 0 saturated heterocycles. The molecule has 1 aromatic heterocycles. The molecule has 3 aromatic carbocycles. The molecule has 0 radical (unpaired) electrons. The van der Waals surface area contributed by atoms with Crippen molar-refractivity contribution < 1.29 is 13.2 Å². The average Bonchev–Trinajstić information content (AvgIpc) is 3.13. The lowest BCUT2D eigenvalue weighted by molar-refractivity contribution is 0.102. The normalized spacial score (nSPS) is 11.7. The Morgan fingerprint density at radius 1 is 1.09 bits per heavy atom. The number of nitrogens with one attached hydrogen (secondary N) is 1. The monoisotopic (exact) mass is 529 g/mol. The molecule has 0 aliphatic carbocycles. The molecule has 0 spiro atoms. The van der Waals surface area contributed by atoms with E-state index < -0.39 is 10.0 Å². The van der Waals surface area contributed by atoms with Crippen LogP contribution in [-0.4, -0.2) is 25.1 Å². The lowest BCUT2D eigenvalue weighted by atomic mass is 10.1.